The number of nitrogens with zero attached hydrogens (tertiary/aromatic N) is 3. The summed E-state index contributed by atoms with van der Waals surface area (Å²) in [5.41, 5.74) is 5.55. The number of anilines is 2. The van der Waals surface area contributed by atoms with Crippen LogP contribution in [-0.2, 0) is 6.18 Å². The molecule has 0 spiro atoms. The number of hydrogen-bond donors (Lipinski definition) is 1. The van der Waals surface area contributed by atoms with Gasteiger partial charge in [0.25, 0.3) is 0 Å². The minimum Gasteiger partial charge on any atom is -0.384 e. The van der Waals surface area contributed by atoms with Gasteiger partial charge in [-0.3, -0.25) is 0 Å². The molecule has 0 amide bonds. The fraction of sp³-hybridized carbons (Fsp3) is 0.714. The molecule has 2 N–H and O–H groups in total. The Morgan fingerprint density at radius 3 is 2.57 bits per heavy atom. The molecule has 1 aliphatic heterocycles. The van der Waals surface area contributed by atoms with Crippen molar-refractivity contribution in [1.82, 2.24) is 9.97 Å². The molecule has 0 bridgehead atoms. The predicted molar refractivity (Wildman–Crippen MR) is 73.8 cm³/mol. The molecule has 1 aliphatic carbocycles. The van der Waals surface area contributed by atoms with E-state index in [-0.39, 0.29) is 5.82 Å². The summed E-state index contributed by atoms with van der Waals surface area (Å²) in [7, 11) is 0. The summed E-state index contributed by atoms with van der Waals surface area (Å²) in [5.74, 6) is -0.370. The fourth-order valence-corrected chi connectivity index (χ4v) is 3.64. The van der Waals surface area contributed by atoms with Crippen molar-refractivity contribution < 1.29 is 13.2 Å². The van der Waals surface area contributed by atoms with Crippen LogP contribution in [0.4, 0.5) is 24.8 Å². The van der Waals surface area contributed by atoms with Gasteiger partial charge < -0.3 is 10.6 Å². The first-order valence-electron chi connectivity index (χ1n) is 7.43. The van der Waals surface area contributed by atoms with Crippen molar-refractivity contribution in [3.8, 4) is 0 Å². The zero-order valence-electron chi connectivity index (χ0n) is 11.7. The number of hydrogen-bond acceptors (Lipinski definition) is 4. The Bertz CT molecular complexity index is 515. The molecule has 0 unspecified atom stereocenters. The van der Waals surface area contributed by atoms with Crippen LogP contribution < -0.4 is 10.6 Å². The topological polar surface area (TPSA) is 55.0 Å². The van der Waals surface area contributed by atoms with E-state index < -0.39 is 12.0 Å². The largest absolute Gasteiger partial charge is 0.451 e. The average molecular weight is 300 g/mol. The lowest BCUT2D eigenvalue weighted by atomic mass is 9.78. The van der Waals surface area contributed by atoms with Gasteiger partial charge in [-0.25, -0.2) is 9.97 Å². The standard InChI is InChI=1S/C14H19F3N4/c15-14(16,17)13-19-11(18)8-12(20-13)21-7-3-5-9-4-1-2-6-10(9)21/h8-10H,1-7H2,(H2,18,19,20)/t9-,10-/m1/s1. The van der Waals surface area contributed by atoms with Crippen molar-refractivity contribution in [2.45, 2.75) is 50.7 Å². The van der Waals surface area contributed by atoms with Gasteiger partial charge in [0.15, 0.2) is 0 Å². The minimum atomic E-state index is -4.56. The van der Waals surface area contributed by atoms with Gasteiger partial charge in [0.05, 0.1) is 0 Å². The zero-order valence-corrected chi connectivity index (χ0v) is 11.7. The highest BCUT2D eigenvalue weighted by atomic mass is 19.4. The maximum absolute atomic E-state index is 12.8. The van der Waals surface area contributed by atoms with Crippen LogP contribution in [0.2, 0.25) is 0 Å². The summed E-state index contributed by atoms with van der Waals surface area (Å²) in [5, 5.41) is 0. The number of alkyl halides is 3. The lowest BCUT2D eigenvalue weighted by molar-refractivity contribution is -0.144. The summed E-state index contributed by atoms with van der Waals surface area (Å²) in [6.45, 7) is 0.745. The quantitative estimate of drug-likeness (QED) is 0.865. The third-order valence-electron chi connectivity index (χ3n) is 4.52. The summed E-state index contributed by atoms with van der Waals surface area (Å²) < 4.78 is 38.5. The third-order valence-corrected chi connectivity index (χ3v) is 4.52. The van der Waals surface area contributed by atoms with Gasteiger partial charge >= 0.3 is 6.18 Å². The van der Waals surface area contributed by atoms with Crippen molar-refractivity contribution in [2.75, 3.05) is 17.2 Å². The molecule has 1 saturated carbocycles. The molecular formula is C14H19F3N4. The second kappa shape index (κ2) is 5.35. The fourth-order valence-electron chi connectivity index (χ4n) is 3.64. The monoisotopic (exact) mass is 300 g/mol. The van der Waals surface area contributed by atoms with E-state index in [0.717, 1.165) is 38.6 Å². The number of nitrogen functional groups attached to an aromatic ring is 1. The van der Waals surface area contributed by atoms with Gasteiger partial charge in [-0.05, 0) is 31.6 Å². The van der Waals surface area contributed by atoms with Gasteiger partial charge in [-0.15, -0.1) is 0 Å². The molecule has 116 valence electrons. The molecule has 1 saturated heterocycles. The minimum absolute atomic E-state index is 0.120. The highest BCUT2D eigenvalue weighted by Gasteiger charge is 2.38. The van der Waals surface area contributed by atoms with E-state index >= 15 is 0 Å². The molecule has 4 nitrogen and oxygen atoms in total. The van der Waals surface area contributed by atoms with E-state index in [4.69, 9.17) is 5.73 Å². The maximum Gasteiger partial charge on any atom is 0.451 e. The van der Waals surface area contributed by atoms with E-state index in [1.54, 1.807) is 0 Å². The number of halogens is 3. The number of fused-ring (bicyclic) bond motifs is 1. The van der Waals surface area contributed by atoms with E-state index in [1.807, 2.05) is 4.90 Å². The first-order chi connectivity index (χ1) is 9.95. The predicted octanol–water partition coefficient (Wildman–Crippen LogP) is 3.24. The number of piperidine rings is 1. The van der Waals surface area contributed by atoms with Gasteiger partial charge in [-0.2, -0.15) is 13.2 Å². The van der Waals surface area contributed by atoms with Crippen LogP contribution in [-0.4, -0.2) is 22.6 Å². The second-order valence-electron chi connectivity index (χ2n) is 5.92. The third kappa shape index (κ3) is 2.91. The zero-order chi connectivity index (χ0) is 15.0. The van der Waals surface area contributed by atoms with Crippen molar-refractivity contribution in [2.24, 2.45) is 5.92 Å². The molecule has 7 heteroatoms. The SMILES string of the molecule is Nc1cc(N2CCC[C@H]3CCCC[C@H]32)nc(C(F)(F)F)n1. The first-order valence-corrected chi connectivity index (χ1v) is 7.43. The summed E-state index contributed by atoms with van der Waals surface area (Å²) in [6, 6.07) is 1.76. The summed E-state index contributed by atoms with van der Waals surface area (Å²) in [6.07, 6.45) is 2.12. The Hall–Kier alpha value is -1.53. The van der Waals surface area contributed by atoms with Crippen LogP contribution in [0.25, 0.3) is 0 Å². The van der Waals surface area contributed by atoms with E-state index in [0.29, 0.717) is 17.8 Å². The molecule has 0 radical (unpaired) electrons. The maximum atomic E-state index is 12.8. The Morgan fingerprint density at radius 2 is 1.81 bits per heavy atom. The van der Waals surface area contributed by atoms with Gasteiger partial charge in [-0.1, -0.05) is 12.8 Å². The van der Waals surface area contributed by atoms with E-state index in [2.05, 4.69) is 9.97 Å². The van der Waals surface area contributed by atoms with Crippen LogP contribution >= 0.6 is 0 Å². The molecular weight excluding hydrogens is 281 g/mol. The molecule has 0 aromatic carbocycles. The Morgan fingerprint density at radius 1 is 1.10 bits per heavy atom. The van der Waals surface area contributed by atoms with Crippen LogP contribution in [0, 0.1) is 5.92 Å². The number of nitrogens with two attached hydrogens (primary N) is 1. The average Bonchev–Trinajstić information content (AvgIpc) is 2.45. The summed E-state index contributed by atoms with van der Waals surface area (Å²) >= 11 is 0. The Labute approximate surface area is 121 Å². The highest BCUT2D eigenvalue weighted by molar-refractivity contribution is 5.48. The molecule has 1 aromatic rings. The first kappa shape index (κ1) is 14.4. The van der Waals surface area contributed by atoms with Crippen molar-refractivity contribution in [3.63, 3.8) is 0 Å². The number of aromatic nitrogens is 2. The molecule has 2 aliphatic rings. The van der Waals surface area contributed by atoms with Crippen molar-refractivity contribution in [1.29, 1.82) is 0 Å². The van der Waals surface area contributed by atoms with E-state index in [9.17, 15) is 13.2 Å². The molecule has 2 heterocycles. The Kier molecular flexibility index (Phi) is 3.67. The van der Waals surface area contributed by atoms with Crippen molar-refractivity contribution in [3.05, 3.63) is 11.9 Å². The Balaban J connectivity index is 1.93. The van der Waals surface area contributed by atoms with Crippen molar-refractivity contribution >= 4 is 11.6 Å². The highest BCUT2D eigenvalue weighted by Crippen LogP contribution is 2.38. The lowest BCUT2D eigenvalue weighted by Crippen LogP contribution is -2.47. The summed E-state index contributed by atoms with van der Waals surface area (Å²) in [4.78, 5) is 9.06. The van der Waals surface area contributed by atoms with Crippen LogP contribution in [0.1, 0.15) is 44.3 Å². The normalized spacial score (nSPS) is 26.5. The molecule has 1 aromatic heterocycles. The molecule has 3 rings (SSSR count). The molecule has 2 atom stereocenters. The van der Waals surface area contributed by atoms with Crippen LogP contribution in [0.3, 0.4) is 0 Å². The lowest BCUT2D eigenvalue weighted by Gasteiger charge is -2.44. The van der Waals surface area contributed by atoms with Gasteiger partial charge in [0, 0.05) is 18.7 Å². The smallest absolute Gasteiger partial charge is 0.384 e. The second-order valence-corrected chi connectivity index (χ2v) is 5.92. The van der Waals surface area contributed by atoms with Crippen LogP contribution in [0.15, 0.2) is 6.07 Å². The van der Waals surface area contributed by atoms with E-state index in [1.165, 1.54) is 12.5 Å². The molecule has 2 fully saturated rings. The number of rotatable bonds is 1. The van der Waals surface area contributed by atoms with Crippen LogP contribution in [0.5, 0.6) is 0 Å². The molecule has 21 heavy (non-hydrogen) atoms. The van der Waals surface area contributed by atoms with Gasteiger partial charge in [0.1, 0.15) is 11.6 Å². The van der Waals surface area contributed by atoms with Gasteiger partial charge in [0.2, 0.25) is 5.82 Å².